The fourth-order valence-corrected chi connectivity index (χ4v) is 5.69. The lowest BCUT2D eigenvalue weighted by Crippen LogP contribution is -2.39. The van der Waals surface area contributed by atoms with Crippen molar-refractivity contribution in [3.05, 3.63) is 0 Å². The summed E-state index contributed by atoms with van der Waals surface area (Å²) < 4.78 is 23.3. The van der Waals surface area contributed by atoms with Crippen LogP contribution in [0.25, 0.3) is 0 Å². The lowest BCUT2D eigenvalue weighted by Gasteiger charge is -2.13. The van der Waals surface area contributed by atoms with Gasteiger partial charge in [0.25, 0.3) is 0 Å². The summed E-state index contributed by atoms with van der Waals surface area (Å²) in [5.41, 5.74) is 0. The first-order chi connectivity index (χ1) is 25.9. The van der Waals surface area contributed by atoms with E-state index in [1.165, 1.54) is 7.11 Å². The highest BCUT2D eigenvalue weighted by molar-refractivity contribution is 7.78. The molecule has 3 rings (SSSR count). The number of likely N-dealkylation sites (N-methyl/N-ethyl adjacent to an activating group) is 1. The molecule has 0 radical (unpaired) electrons. The summed E-state index contributed by atoms with van der Waals surface area (Å²) >= 11 is 3.67. The Bertz CT molecular complexity index is 1020. The number of amides is 3. The number of ether oxygens (including phenoxy) is 4. The molecule has 3 aliphatic rings. The summed E-state index contributed by atoms with van der Waals surface area (Å²) in [6.45, 7) is 11.8. The molecule has 318 valence electrons. The van der Waals surface area contributed by atoms with Gasteiger partial charge in [-0.1, -0.05) is 46.9 Å². The van der Waals surface area contributed by atoms with E-state index in [9.17, 15) is 34.5 Å². The second-order valence-electron chi connectivity index (χ2n) is 13.1. The minimum Gasteiger partial charge on any atom is -0.467 e. The molecule has 18 heteroatoms. The van der Waals surface area contributed by atoms with Gasteiger partial charge in [-0.25, -0.2) is 4.79 Å². The smallest absolute Gasteiger partial charge is 0.335 e. The molecule has 0 aromatic rings. The number of nitrogens with one attached hydrogen (secondary N) is 6. The van der Waals surface area contributed by atoms with Gasteiger partial charge < -0.3 is 60.9 Å². The minimum atomic E-state index is -0.585. The number of carbonyl (C=O) groups is 4. The molecule has 0 spiro atoms. The fourth-order valence-electron chi connectivity index (χ4n) is 5.69. The Morgan fingerprint density at radius 1 is 0.630 bits per heavy atom. The zero-order valence-corrected chi connectivity index (χ0v) is 34.5. The van der Waals surface area contributed by atoms with Crippen LogP contribution < -0.4 is 31.3 Å². The summed E-state index contributed by atoms with van der Waals surface area (Å²) in [6, 6.07) is 0. The first-order valence-corrected chi connectivity index (χ1v) is 19.9. The van der Waals surface area contributed by atoms with Crippen LogP contribution in [0.15, 0.2) is 0 Å². The number of esters is 1. The van der Waals surface area contributed by atoms with E-state index in [1.807, 2.05) is 41.8 Å². The van der Waals surface area contributed by atoms with E-state index in [-0.39, 0.29) is 36.0 Å². The Kier molecular flexibility index (Phi) is 30.7. The van der Waals surface area contributed by atoms with Crippen molar-refractivity contribution in [3.63, 3.8) is 0 Å². The van der Waals surface area contributed by atoms with E-state index in [0.29, 0.717) is 58.2 Å². The maximum Gasteiger partial charge on any atom is 0.335 e. The first kappa shape index (κ1) is 51.9. The predicted molar refractivity (Wildman–Crippen MR) is 209 cm³/mol. The number of methoxy groups -OCH3 is 1. The Hall–Kier alpha value is -2.13. The molecule has 0 aliphatic carbocycles. The van der Waals surface area contributed by atoms with Crippen molar-refractivity contribution in [3.8, 4) is 0 Å². The summed E-state index contributed by atoms with van der Waals surface area (Å²) in [4.78, 5) is 46.0. The highest BCUT2D eigenvalue weighted by Gasteiger charge is 2.38. The van der Waals surface area contributed by atoms with Crippen LogP contribution in [0.2, 0.25) is 0 Å². The number of thiol groups is 1. The van der Waals surface area contributed by atoms with Crippen LogP contribution in [-0.4, -0.2) is 154 Å². The van der Waals surface area contributed by atoms with Gasteiger partial charge in [-0.3, -0.25) is 19.1 Å². The van der Waals surface area contributed by atoms with Gasteiger partial charge in [-0.15, -0.1) is 0 Å². The predicted octanol–water partition coefficient (Wildman–Crippen LogP) is -0.294. The molecule has 9 N–H and O–H groups in total. The van der Waals surface area contributed by atoms with Gasteiger partial charge in [0.1, 0.15) is 12.2 Å². The molecule has 9 unspecified atom stereocenters. The van der Waals surface area contributed by atoms with E-state index in [1.54, 1.807) is 0 Å². The number of aliphatic hydroxyl groups excluding tert-OH is 3. The SMILES string of the molecule is CCC1OC(C(=O)NCCNC(=O)CCCCCNC)CC1O.CCC1OC(C(=O)NCCNC)CC1O.CCC1OC(C(=O)OC)CC1O.CCNS. The van der Waals surface area contributed by atoms with E-state index in [4.69, 9.17) is 14.2 Å². The fraction of sp³-hybridized carbons (Fsp3) is 0.889. The third-order valence-corrected chi connectivity index (χ3v) is 9.15. The summed E-state index contributed by atoms with van der Waals surface area (Å²) in [5, 5.41) is 42.9. The third kappa shape index (κ3) is 21.8. The van der Waals surface area contributed by atoms with Crippen LogP contribution >= 0.6 is 12.8 Å². The van der Waals surface area contributed by atoms with Crippen LogP contribution in [0.4, 0.5) is 0 Å². The Morgan fingerprint density at radius 3 is 1.43 bits per heavy atom. The second kappa shape index (κ2) is 32.0. The molecule has 17 nitrogen and oxygen atoms in total. The van der Waals surface area contributed by atoms with Crippen molar-refractivity contribution in [1.29, 1.82) is 0 Å². The molecule has 3 amide bonds. The molecular weight excluding hydrogens is 724 g/mol. The highest BCUT2D eigenvalue weighted by atomic mass is 32.1. The highest BCUT2D eigenvalue weighted by Crippen LogP contribution is 2.24. The second-order valence-corrected chi connectivity index (χ2v) is 13.4. The number of carbonyl (C=O) groups excluding carboxylic acids is 4. The Labute approximate surface area is 328 Å². The molecule has 0 aromatic carbocycles. The summed E-state index contributed by atoms with van der Waals surface area (Å²) in [6.07, 6.45) is 2.84. The topological polar surface area (TPSA) is 238 Å². The van der Waals surface area contributed by atoms with Crippen molar-refractivity contribution >= 4 is 36.5 Å². The van der Waals surface area contributed by atoms with Gasteiger partial charge in [-0.05, 0) is 52.7 Å². The molecule has 54 heavy (non-hydrogen) atoms. The monoisotopic (exact) mass is 796 g/mol. The van der Waals surface area contributed by atoms with Gasteiger partial charge in [-0.2, -0.15) is 0 Å². The van der Waals surface area contributed by atoms with Gasteiger partial charge in [0.05, 0.1) is 43.7 Å². The van der Waals surface area contributed by atoms with E-state index < -0.39 is 42.6 Å². The number of unbranched alkanes of at least 4 members (excludes halogenated alkanes) is 2. The normalized spacial score (nSPS) is 26.9. The molecule has 3 saturated heterocycles. The maximum atomic E-state index is 11.9. The third-order valence-electron chi connectivity index (χ3n) is 8.84. The summed E-state index contributed by atoms with van der Waals surface area (Å²) in [7, 11) is 5.06. The largest absolute Gasteiger partial charge is 0.467 e. The van der Waals surface area contributed by atoms with Gasteiger partial charge >= 0.3 is 5.97 Å². The first-order valence-electron chi connectivity index (χ1n) is 19.4. The zero-order valence-electron chi connectivity index (χ0n) is 33.6. The zero-order chi connectivity index (χ0) is 40.9. The molecule has 0 aromatic heterocycles. The lowest BCUT2D eigenvalue weighted by molar-refractivity contribution is -0.153. The molecule has 3 fully saturated rings. The van der Waals surface area contributed by atoms with Crippen LogP contribution in [0, 0.1) is 0 Å². The number of hydrogen-bond donors (Lipinski definition) is 10. The van der Waals surface area contributed by atoms with Gasteiger partial charge in [0.15, 0.2) is 6.10 Å². The summed E-state index contributed by atoms with van der Waals surface area (Å²) in [5.74, 6) is -0.728. The van der Waals surface area contributed by atoms with Gasteiger partial charge in [0.2, 0.25) is 17.7 Å². The maximum absolute atomic E-state index is 11.9. The van der Waals surface area contributed by atoms with Crippen LogP contribution in [0.3, 0.4) is 0 Å². The Balaban J connectivity index is 0.000000780. The quantitative estimate of drug-likeness (QED) is 0.0460. The van der Waals surface area contributed by atoms with E-state index in [0.717, 1.165) is 45.3 Å². The van der Waals surface area contributed by atoms with E-state index >= 15 is 0 Å². The van der Waals surface area contributed by atoms with Crippen LogP contribution in [0.1, 0.15) is 91.9 Å². The molecule has 3 heterocycles. The standard InChI is InChI=1S/C16H31N3O4.C10H20N2O3.C8H14O4.C2H7NS/c1-3-13-12(20)11-14(23-13)16(22)19-10-9-18-15(21)7-5-4-6-8-17-2;1-3-8-7(13)6-9(15-8)10(14)12-5-4-11-2;1-3-6-5(9)4-7(12-6)8(10)11-2;1-2-3-4/h12-14,17,20H,3-11H2,1-2H3,(H,18,21)(H,19,22);7-9,11,13H,3-6H2,1-2H3,(H,12,14);5-7,9H,3-4H2,1-2H3;3-4H,2H2,1H3. The minimum absolute atomic E-state index is 0.0160. The average Bonchev–Trinajstić information content (AvgIpc) is 3.88. The van der Waals surface area contributed by atoms with Crippen molar-refractivity contribution in [2.45, 2.75) is 147 Å². The van der Waals surface area contributed by atoms with Crippen molar-refractivity contribution in [2.75, 3.05) is 60.5 Å². The van der Waals surface area contributed by atoms with Crippen molar-refractivity contribution in [1.82, 2.24) is 31.3 Å². The van der Waals surface area contributed by atoms with Crippen molar-refractivity contribution < 1.29 is 53.4 Å². The van der Waals surface area contributed by atoms with E-state index in [2.05, 4.69) is 48.9 Å². The number of hydrogen-bond acceptors (Lipinski definition) is 15. The molecule has 9 atom stereocenters. The number of rotatable bonds is 19. The lowest BCUT2D eigenvalue weighted by atomic mass is 10.1. The molecule has 3 aliphatic heterocycles. The Morgan fingerprint density at radius 2 is 1.04 bits per heavy atom. The van der Waals surface area contributed by atoms with Crippen molar-refractivity contribution in [2.24, 2.45) is 0 Å². The molecule has 0 saturated carbocycles. The number of aliphatic hydroxyl groups is 3. The van der Waals surface area contributed by atoms with Gasteiger partial charge in [0, 0.05) is 58.4 Å². The van der Waals surface area contributed by atoms with Crippen LogP contribution in [-0.2, 0) is 38.1 Å². The average molecular weight is 797 g/mol. The molecule has 0 bridgehead atoms. The van der Waals surface area contributed by atoms with Crippen LogP contribution in [0.5, 0.6) is 0 Å². The molecular formula is C36H72N6O11S.